The summed E-state index contributed by atoms with van der Waals surface area (Å²) in [4.78, 5) is 0. The Morgan fingerprint density at radius 2 is 2.67 bits per heavy atom. The second kappa shape index (κ2) is 2.85. The number of rotatable bonds is 1. The van der Waals surface area contributed by atoms with Crippen molar-refractivity contribution in [1.29, 1.82) is 0 Å². The average Bonchev–Trinajstić information content (AvgIpc) is 1.88. The van der Waals surface area contributed by atoms with Gasteiger partial charge in [0.05, 0.1) is 19.3 Å². The van der Waals surface area contributed by atoms with Crippen molar-refractivity contribution in [3.8, 4) is 0 Å². The summed E-state index contributed by atoms with van der Waals surface area (Å²) in [6.45, 7) is 0.973. The van der Waals surface area contributed by atoms with Crippen LogP contribution in [0.3, 0.4) is 0 Å². The Balaban J connectivity index is 2.49. The van der Waals surface area contributed by atoms with Crippen LogP contribution < -0.4 is 5.73 Å². The second-order valence-electron chi connectivity index (χ2n) is 2.04. The molecular weight excluding hydrogens is 118 g/mol. The van der Waals surface area contributed by atoms with Crippen molar-refractivity contribution in [2.75, 3.05) is 13.2 Å². The van der Waals surface area contributed by atoms with Crippen LogP contribution in [0.25, 0.3) is 0 Å². The van der Waals surface area contributed by atoms with E-state index in [4.69, 9.17) is 15.6 Å². The number of nitrogens with two attached hydrogens (primary N) is 1. The molecule has 1 aliphatic heterocycles. The van der Waals surface area contributed by atoms with Gasteiger partial charge in [-0.2, -0.15) is 0 Å². The highest BCUT2D eigenvalue weighted by atomic mass is 16.5. The SMILES string of the molecule is NCC1=CC(O)CCO1. The number of aliphatic hydroxyl groups excluding tert-OH is 1. The first kappa shape index (κ1) is 6.58. The fourth-order valence-electron chi connectivity index (χ4n) is 0.784. The highest BCUT2D eigenvalue weighted by Gasteiger charge is 2.09. The molecule has 1 unspecified atom stereocenters. The van der Waals surface area contributed by atoms with Crippen LogP contribution in [0, 0.1) is 0 Å². The first-order chi connectivity index (χ1) is 4.33. The minimum absolute atomic E-state index is 0.350. The maximum absolute atomic E-state index is 9.00. The van der Waals surface area contributed by atoms with Crippen molar-refractivity contribution < 1.29 is 9.84 Å². The topological polar surface area (TPSA) is 55.5 Å². The highest BCUT2D eigenvalue weighted by Crippen LogP contribution is 2.08. The van der Waals surface area contributed by atoms with Gasteiger partial charge in [-0.05, 0) is 6.08 Å². The van der Waals surface area contributed by atoms with Crippen LogP contribution in [-0.2, 0) is 4.74 Å². The van der Waals surface area contributed by atoms with Gasteiger partial charge >= 0.3 is 0 Å². The maximum atomic E-state index is 9.00. The van der Waals surface area contributed by atoms with Crippen molar-refractivity contribution >= 4 is 0 Å². The van der Waals surface area contributed by atoms with Gasteiger partial charge in [0.25, 0.3) is 0 Å². The molecule has 0 aromatic carbocycles. The van der Waals surface area contributed by atoms with Gasteiger partial charge in [-0.3, -0.25) is 0 Å². The van der Waals surface area contributed by atoms with Crippen LogP contribution in [-0.4, -0.2) is 24.4 Å². The minimum Gasteiger partial charge on any atom is -0.497 e. The van der Waals surface area contributed by atoms with E-state index in [9.17, 15) is 0 Å². The van der Waals surface area contributed by atoms with Crippen molar-refractivity contribution in [2.24, 2.45) is 5.73 Å². The highest BCUT2D eigenvalue weighted by molar-refractivity contribution is 5.01. The summed E-state index contributed by atoms with van der Waals surface area (Å²) in [5.41, 5.74) is 5.26. The summed E-state index contributed by atoms with van der Waals surface area (Å²) in [5, 5.41) is 9.00. The first-order valence-electron chi connectivity index (χ1n) is 3.04. The van der Waals surface area contributed by atoms with Crippen LogP contribution in [0.4, 0.5) is 0 Å². The molecule has 0 bridgehead atoms. The Kier molecular flexibility index (Phi) is 2.08. The molecule has 1 rings (SSSR count). The summed E-state index contributed by atoms with van der Waals surface area (Å²) >= 11 is 0. The molecule has 9 heavy (non-hydrogen) atoms. The van der Waals surface area contributed by atoms with Gasteiger partial charge in [-0.1, -0.05) is 0 Å². The molecule has 0 saturated heterocycles. The zero-order valence-corrected chi connectivity index (χ0v) is 5.21. The third kappa shape index (κ3) is 1.69. The van der Waals surface area contributed by atoms with E-state index in [0.29, 0.717) is 25.3 Å². The van der Waals surface area contributed by atoms with Gasteiger partial charge in [-0.25, -0.2) is 0 Å². The lowest BCUT2D eigenvalue weighted by Gasteiger charge is -2.16. The third-order valence-electron chi connectivity index (χ3n) is 1.28. The summed E-state index contributed by atoms with van der Waals surface area (Å²) in [7, 11) is 0. The van der Waals surface area contributed by atoms with Gasteiger partial charge in [0.2, 0.25) is 0 Å². The van der Waals surface area contributed by atoms with Crippen LogP contribution in [0.5, 0.6) is 0 Å². The Morgan fingerprint density at radius 3 is 3.11 bits per heavy atom. The smallest absolute Gasteiger partial charge is 0.108 e. The van der Waals surface area contributed by atoms with Crippen molar-refractivity contribution in [3.05, 3.63) is 11.8 Å². The van der Waals surface area contributed by atoms with E-state index in [1.165, 1.54) is 0 Å². The zero-order valence-electron chi connectivity index (χ0n) is 5.21. The molecule has 0 fully saturated rings. The quantitative estimate of drug-likeness (QED) is 0.507. The lowest BCUT2D eigenvalue weighted by atomic mass is 10.2. The van der Waals surface area contributed by atoms with E-state index in [2.05, 4.69) is 0 Å². The molecule has 1 aliphatic rings. The number of ether oxygens (including phenoxy) is 1. The Morgan fingerprint density at radius 1 is 1.89 bits per heavy atom. The fraction of sp³-hybridized carbons (Fsp3) is 0.667. The summed E-state index contributed by atoms with van der Waals surface area (Å²) in [6, 6.07) is 0. The van der Waals surface area contributed by atoms with Gasteiger partial charge in [0, 0.05) is 6.42 Å². The van der Waals surface area contributed by atoms with Crippen LogP contribution in [0.1, 0.15) is 6.42 Å². The average molecular weight is 129 g/mol. The molecule has 0 radical (unpaired) electrons. The van der Waals surface area contributed by atoms with Crippen LogP contribution in [0.2, 0.25) is 0 Å². The molecule has 0 aliphatic carbocycles. The monoisotopic (exact) mass is 129 g/mol. The normalized spacial score (nSPS) is 26.9. The summed E-state index contributed by atoms with van der Waals surface area (Å²) in [5.74, 6) is 0.703. The molecular formula is C6H11NO2. The molecule has 3 heteroatoms. The van der Waals surface area contributed by atoms with Gasteiger partial charge in [-0.15, -0.1) is 0 Å². The number of aliphatic hydroxyl groups is 1. The Labute approximate surface area is 54.1 Å². The largest absolute Gasteiger partial charge is 0.497 e. The van der Waals surface area contributed by atoms with E-state index in [1.807, 2.05) is 0 Å². The Bertz CT molecular complexity index is 122. The predicted molar refractivity (Wildman–Crippen MR) is 33.7 cm³/mol. The van der Waals surface area contributed by atoms with Crippen molar-refractivity contribution in [3.63, 3.8) is 0 Å². The molecule has 1 heterocycles. The van der Waals surface area contributed by atoms with E-state index in [-0.39, 0.29) is 6.10 Å². The molecule has 0 saturated carbocycles. The first-order valence-corrected chi connectivity index (χ1v) is 3.04. The fourth-order valence-corrected chi connectivity index (χ4v) is 0.784. The zero-order chi connectivity index (χ0) is 6.69. The molecule has 52 valence electrons. The molecule has 3 N–H and O–H groups in total. The predicted octanol–water partition coefficient (Wildman–Crippen LogP) is -0.390. The molecule has 0 aromatic heterocycles. The van der Waals surface area contributed by atoms with Gasteiger partial charge in [0.1, 0.15) is 5.76 Å². The lowest BCUT2D eigenvalue weighted by molar-refractivity contribution is 0.112. The second-order valence-corrected chi connectivity index (χ2v) is 2.04. The maximum Gasteiger partial charge on any atom is 0.108 e. The summed E-state index contributed by atoms with van der Waals surface area (Å²) in [6.07, 6.45) is 1.99. The molecule has 1 atom stereocenters. The molecule has 0 amide bonds. The van der Waals surface area contributed by atoms with E-state index < -0.39 is 0 Å². The van der Waals surface area contributed by atoms with Gasteiger partial charge < -0.3 is 15.6 Å². The van der Waals surface area contributed by atoms with E-state index in [1.54, 1.807) is 6.08 Å². The van der Waals surface area contributed by atoms with E-state index in [0.717, 1.165) is 0 Å². The lowest BCUT2D eigenvalue weighted by Crippen LogP contribution is -2.18. The summed E-state index contributed by atoms with van der Waals surface area (Å²) < 4.78 is 5.07. The van der Waals surface area contributed by atoms with E-state index >= 15 is 0 Å². The Hall–Kier alpha value is -0.540. The van der Waals surface area contributed by atoms with Gasteiger partial charge in [0.15, 0.2) is 0 Å². The molecule has 0 aromatic rings. The van der Waals surface area contributed by atoms with Crippen LogP contribution in [0.15, 0.2) is 11.8 Å². The van der Waals surface area contributed by atoms with Crippen LogP contribution >= 0.6 is 0 Å². The molecule has 0 spiro atoms. The number of hydrogen-bond acceptors (Lipinski definition) is 3. The van der Waals surface area contributed by atoms with Crippen molar-refractivity contribution in [2.45, 2.75) is 12.5 Å². The van der Waals surface area contributed by atoms with Crippen molar-refractivity contribution in [1.82, 2.24) is 0 Å². The number of hydrogen-bond donors (Lipinski definition) is 2. The molecule has 3 nitrogen and oxygen atoms in total. The minimum atomic E-state index is -0.350. The standard InChI is InChI=1S/C6H11NO2/c7-4-6-3-5(8)1-2-9-6/h3,5,8H,1-2,4,7H2. The third-order valence-corrected chi connectivity index (χ3v) is 1.28.